The van der Waals surface area contributed by atoms with E-state index in [1.807, 2.05) is 6.92 Å². The van der Waals surface area contributed by atoms with Crippen LogP contribution in [-0.4, -0.2) is 15.9 Å². The maximum atomic E-state index is 13.0. The smallest absolute Gasteiger partial charge is 0.248 e. The van der Waals surface area contributed by atoms with Crippen LogP contribution >= 0.6 is 0 Å². The molecule has 0 aliphatic heterocycles. The molecule has 1 aliphatic rings. The van der Waals surface area contributed by atoms with Gasteiger partial charge in [0.15, 0.2) is 0 Å². The van der Waals surface area contributed by atoms with Gasteiger partial charge in [-0.1, -0.05) is 0 Å². The fraction of sp³-hybridized carbons (Fsp3) is 0.636. The van der Waals surface area contributed by atoms with Gasteiger partial charge in [0.05, 0.1) is 23.1 Å². The summed E-state index contributed by atoms with van der Waals surface area (Å²) in [6, 6.07) is 0. The van der Waals surface area contributed by atoms with E-state index in [2.05, 4.69) is 9.97 Å². The first kappa shape index (κ1) is 11.4. The number of halogens is 2. The predicted molar refractivity (Wildman–Crippen MR) is 56.0 cm³/mol. The van der Waals surface area contributed by atoms with E-state index in [9.17, 15) is 8.78 Å². The molecule has 1 aromatic heterocycles. The highest BCUT2D eigenvalue weighted by molar-refractivity contribution is 5.14. The number of aryl methyl sites for hydroxylation is 1. The van der Waals surface area contributed by atoms with E-state index in [0.717, 1.165) is 5.69 Å². The third-order valence-electron chi connectivity index (χ3n) is 3.16. The van der Waals surface area contributed by atoms with Gasteiger partial charge in [-0.15, -0.1) is 0 Å². The Kier molecular flexibility index (Phi) is 2.66. The fourth-order valence-electron chi connectivity index (χ4n) is 1.97. The molecule has 1 aromatic rings. The van der Waals surface area contributed by atoms with Crippen molar-refractivity contribution in [3.8, 4) is 0 Å². The van der Waals surface area contributed by atoms with Crippen LogP contribution < -0.4 is 5.73 Å². The van der Waals surface area contributed by atoms with Gasteiger partial charge in [0.1, 0.15) is 0 Å². The van der Waals surface area contributed by atoms with Crippen molar-refractivity contribution < 1.29 is 8.78 Å². The van der Waals surface area contributed by atoms with Crippen molar-refractivity contribution in [3.05, 3.63) is 23.8 Å². The zero-order valence-corrected chi connectivity index (χ0v) is 9.21. The van der Waals surface area contributed by atoms with E-state index in [1.165, 1.54) is 0 Å². The third-order valence-corrected chi connectivity index (χ3v) is 3.16. The van der Waals surface area contributed by atoms with Gasteiger partial charge in [-0.05, 0) is 19.8 Å². The molecule has 5 heteroatoms. The van der Waals surface area contributed by atoms with E-state index in [-0.39, 0.29) is 25.7 Å². The van der Waals surface area contributed by atoms with Crippen molar-refractivity contribution in [3.63, 3.8) is 0 Å². The van der Waals surface area contributed by atoms with E-state index in [4.69, 9.17) is 5.73 Å². The van der Waals surface area contributed by atoms with Crippen LogP contribution in [0.5, 0.6) is 0 Å². The van der Waals surface area contributed by atoms with Crippen LogP contribution in [0.1, 0.15) is 37.1 Å². The summed E-state index contributed by atoms with van der Waals surface area (Å²) in [6.45, 7) is 1.83. The second kappa shape index (κ2) is 3.73. The topological polar surface area (TPSA) is 51.8 Å². The van der Waals surface area contributed by atoms with Crippen molar-refractivity contribution in [2.75, 3.05) is 0 Å². The maximum absolute atomic E-state index is 13.0. The molecule has 0 radical (unpaired) electrons. The quantitative estimate of drug-likeness (QED) is 0.799. The standard InChI is InChI=1S/C11H15F2N3/c1-8-6-16-9(7-15-8)10(14)2-4-11(12,13)5-3-10/h6-7H,2-5,14H2,1H3. The second-order valence-electron chi connectivity index (χ2n) is 4.56. The number of aromatic nitrogens is 2. The van der Waals surface area contributed by atoms with Crippen molar-refractivity contribution in [1.29, 1.82) is 0 Å². The predicted octanol–water partition coefficient (Wildman–Crippen LogP) is 2.15. The Hall–Kier alpha value is -1.10. The first-order valence-electron chi connectivity index (χ1n) is 5.37. The first-order chi connectivity index (χ1) is 7.41. The molecule has 2 rings (SSSR count). The molecule has 0 aromatic carbocycles. The molecule has 88 valence electrons. The largest absolute Gasteiger partial charge is 0.320 e. The molecule has 0 saturated heterocycles. The Bertz CT molecular complexity index is 365. The van der Waals surface area contributed by atoms with Gasteiger partial charge in [-0.3, -0.25) is 9.97 Å². The fourth-order valence-corrected chi connectivity index (χ4v) is 1.97. The summed E-state index contributed by atoms with van der Waals surface area (Å²) in [5, 5.41) is 0. The molecular formula is C11H15F2N3. The number of nitrogens with two attached hydrogens (primary N) is 1. The van der Waals surface area contributed by atoms with E-state index >= 15 is 0 Å². The van der Waals surface area contributed by atoms with Crippen LogP contribution in [0, 0.1) is 6.92 Å². The number of rotatable bonds is 1. The lowest BCUT2D eigenvalue weighted by Crippen LogP contribution is -2.44. The summed E-state index contributed by atoms with van der Waals surface area (Å²) in [4.78, 5) is 8.29. The molecule has 1 aliphatic carbocycles. The lowest BCUT2D eigenvalue weighted by atomic mass is 9.78. The van der Waals surface area contributed by atoms with E-state index in [0.29, 0.717) is 5.69 Å². The van der Waals surface area contributed by atoms with E-state index < -0.39 is 11.5 Å². The van der Waals surface area contributed by atoms with Crippen LogP contribution in [-0.2, 0) is 5.54 Å². The number of hydrogen-bond donors (Lipinski definition) is 1. The first-order valence-corrected chi connectivity index (χ1v) is 5.37. The Labute approximate surface area is 93.1 Å². The van der Waals surface area contributed by atoms with Crippen molar-refractivity contribution in [1.82, 2.24) is 9.97 Å². The zero-order chi connectivity index (χ0) is 11.8. The molecule has 0 amide bonds. The van der Waals surface area contributed by atoms with Crippen LogP contribution in [0.15, 0.2) is 12.4 Å². The van der Waals surface area contributed by atoms with Gasteiger partial charge in [0.2, 0.25) is 5.92 Å². The Balaban J connectivity index is 2.18. The SMILES string of the molecule is Cc1cnc(C2(N)CCC(F)(F)CC2)cn1. The number of hydrogen-bond acceptors (Lipinski definition) is 3. The molecule has 3 nitrogen and oxygen atoms in total. The van der Waals surface area contributed by atoms with Crippen LogP contribution in [0.25, 0.3) is 0 Å². The van der Waals surface area contributed by atoms with Gasteiger partial charge in [0.25, 0.3) is 0 Å². The molecular weight excluding hydrogens is 212 g/mol. The van der Waals surface area contributed by atoms with Crippen molar-refractivity contribution in [2.45, 2.75) is 44.1 Å². The Morgan fingerprint density at radius 3 is 2.25 bits per heavy atom. The summed E-state index contributed by atoms with van der Waals surface area (Å²) in [6.07, 6.45) is 3.41. The van der Waals surface area contributed by atoms with Gasteiger partial charge >= 0.3 is 0 Å². The minimum absolute atomic E-state index is 0.168. The number of alkyl halides is 2. The van der Waals surface area contributed by atoms with Crippen molar-refractivity contribution in [2.24, 2.45) is 5.73 Å². The lowest BCUT2D eigenvalue weighted by Gasteiger charge is -2.36. The van der Waals surface area contributed by atoms with E-state index in [1.54, 1.807) is 12.4 Å². The third kappa shape index (κ3) is 2.19. The minimum atomic E-state index is -2.57. The maximum Gasteiger partial charge on any atom is 0.248 e. The minimum Gasteiger partial charge on any atom is -0.320 e. The average Bonchev–Trinajstić information content (AvgIpc) is 2.24. The molecule has 0 atom stereocenters. The van der Waals surface area contributed by atoms with Crippen LogP contribution in [0.2, 0.25) is 0 Å². The molecule has 0 spiro atoms. The lowest BCUT2D eigenvalue weighted by molar-refractivity contribution is -0.0519. The molecule has 1 heterocycles. The van der Waals surface area contributed by atoms with Gasteiger partial charge < -0.3 is 5.73 Å². The zero-order valence-electron chi connectivity index (χ0n) is 9.21. The van der Waals surface area contributed by atoms with Gasteiger partial charge in [-0.25, -0.2) is 8.78 Å². The molecule has 0 unspecified atom stereocenters. The highest BCUT2D eigenvalue weighted by atomic mass is 19.3. The molecule has 2 N–H and O–H groups in total. The monoisotopic (exact) mass is 227 g/mol. The van der Waals surface area contributed by atoms with Crippen LogP contribution in [0.4, 0.5) is 8.78 Å². The highest BCUT2D eigenvalue weighted by Gasteiger charge is 2.42. The molecule has 16 heavy (non-hydrogen) atoms. The summed E-state index contributed by atoms with van der Waals surface area (Å²) in [5.41, 5.74) is 6.80. The summed E-state index contributed by atoms with van der Waals surface area (Å²) >= 11 is 0. The van der Waals surface area contributed by atoms with Crippen LogP contribution in [0.3, 0.4) is 0 Å². The molecule has 1 fully saturated rings. The van der Waals surface area contributed by atoms with Gasteiger partial charge in [-0.2, -0.15) is 0 Å². The highest BCUT2D eigenvalue weighted by Crippen LogP contribution is 2.41. The Morgan fingerprint density at radius 1 is 1.12 bits per heavy atom. The summed E-state index contributed by atoms with van der Waals surface area (Å²) < 4.78 is 26.1. The average molecular weight is 227 g/mol. The van der Waals surface area contributed by atoms with Crippen molar-refractivity contribution >= 4 is 0 Å². The van der Waals surface area contributed by atoms with Gasteiger partial charge in [0, 0.05) is 19.0 Å². The summed E-state index contributed by atoms with van der Waals surface area (Å²) in [5.74, 6) is -2.57. The molecule has 0 bridgehead atoms. The normalized spacial score (nSPS) is 23.0. The molecule has 1 saturated carbocycles. The second-order valence-corrected chi connectivity index (χ2v) is 4.56. The Morgan fingerprint density at radius 2 is 1.75 bits per heavy atom. The number of nitrogens with zero attached hydrogens (tertiary/aromatic N) is 2. The summed E-state index contributed by atoms with van der Waals surface area (Å²) in [7, 11) is 0.